The highest BCUT2D eigenvalue weighted by atomic mass is 16.2. The molecule has 1 heterocycles. The Labute approximate surface area is 84.6 Å². The molecule has 1 saturated heterocycles. The second-order valence-electron chi connectivity index (χ2n) is 4.70. The number of amides is 1. The van der Waals surface area contributed by atoms with Crippen molar-refractivity contribution >= 4 is 5.91 Å². The largest absolute Gasteiger partial charge is 0.353 e. The van der Waals surface area contributed by atoms with Crippen molar-refractivity contribution in [3.8, 4) is 0 Å². The van der Waals surface area contributed by atoms with Gasteiger partial charge in [0, 0.05) is 18.1 Å². The Morgan fingerprint density at radius 2 is 2.07 bits per heavy atom. The van der Waals surface area contributed by atoms with Gasteiger partial charge in [0.05, 0.1) is 6.04 Å². The van der Waals surface area contributed by atoms with Crippen molar-refractivity contribution in [1.82, 2.24) is 10.6 Å². The van der Waals surface area contributed by atoms with Crippen LogP contribution in [0.2, 0.25) is 0 Å². The Kier molecular flexibility index (Phi) is 2.49. The molecular weight excluding hydrogens is 178 g/mol. The fraction of sp³-hybridized carbons (Fsp3) is 0.900. The topological polar surface area (TPSA) is 67.2 Å². The molecule has 80 valence electrons. The summed E-state index contributed by atoms with van der Waals surface area (Å²) in [4.78, 5) is 11.3. The first-order valence-corrected chi connectivity index (χ1v) is 5.42. The highest BCUT2D eigenvalue weighted by Crippen LogP contribution is 2.29. The number of carbonyl (C=O) groups is 1. The van der Waals surface area contributed by atoms with Gasteiger partial charge in [0.1, 0.15) is 0 Å². The highest BCUT2D eigenvalue weighted by Gasteiger charge is 2.39. The SMILES string of the molecule is C[C@@H]1NC2(CCC(N)CC2)CNC1=O. The molecule has 1 saturated carbocycles. The molecule has 0 aromatic rings. The third-order valence-electron chi connectivity index (χ3n) is 3.50. The van der Waals surface area contributed by atoms with Crippen LogP contribution in [0.5, 0.6) is 0 Å². The fourth-order valence-electron chi connectivity index (χ4n) is 2.50. The maximum absolute atomic E-state index is 11.3. The van der Waals surface area contributed by atoms with Crippen molar-refractivity contribution in [2.75, 3.05) is 6.54 Å². The molecule has 0 unspecified atom stereocenters. The zero-order valence-corrected chi connectivity index (χ0v) is 8.68. The molecule has 14 heavy (non-hydrogen) atoms. The van der Waals surface area contributed by atoms with E-state index in [0.717, 1.165) is 32.2 Å². The number of hydrogen-bond acceptors (Lipinski definition) is 3. The summed E-state index contributed by atoms with van der Waals surface area (Å²) in [5.41, 5.74) is 6.00. The molecule has 0 aromatic heterocycles. The number of hydrogen-bond donors (Lipinski definition) is 3. The van der Waals surface area contributed by atoms with E-state index in [1.165, 1.54) is 0 Å². The van der Waals surface area contributed by atoms with Gasteiger partial charge in [-0.15, -0.1) is 0 Å². The molecular formula is C10H19N3O. The lowest BCUT2D eigenvalue weighted by molar-refractivity contribution is -0.126. The number of nitrogens with two attached hydrogens (primary N) is 1. The fourth-order valence-corrected chi connectivity index (χ4v) is 2.50. The summed E-state index contributed by atoms with van der Waals surface area (Å²) in [6.07, 6.45) is 4.29. The van der Waals surface area contributed by atoms with Crippen LogP contribution in [0.3, 0.4) is 0 Å². The standard InChI is InChI=1S/C10H19N3O/c1-7-9(14)12-6-10(13-7)4-2-8(11)3-5-10/h7-8,13H,2-6,11H2,1H3,(H,12,14)/t7-,8?,10?/m0/s1. The van der Waals surface area contributed by atoms with Crippen LogP contribution in [-0.2, 0) is 4.79 Å². The molecule has 1 amide bonds. The molecule has 1 spiro atoms. The normalized spacial score (nSPS) is 43.7. The first kappa shape index (κ1) is 9.93. The van der Waals surface area contributed by atoms with E-state index in [9.17, 15) is 4.79 Å². The quantitative estimate of drug-likeness (QED) is 0.501. The number of nitrogens with one attached hydrogen (secondary N) is 2. The predicted molar refractivity (Wildman–Crippen MR) is 54.8 cm³/mol. The van der Waals surface area contributed by atoms with Crippen molar-refractivity contribution in [3.05, 3.63) is 0 Å². The van der Waals surface area contributed by atoms with Crippen LogP contribution < -0.4 is 16.4 Å². The first-order chi connectivity index (χ1) is 6.61. The second kappa shape index (κ2) is 3.51. The minimum atomic E-state index is -0.0573. The third-order valence-corrected chi connectivity index (χ3v) is 3.50. The van der Waals surface area contributed by atoms with Crippen molar-refractivity contribution in [1.29, 1.82) is 0 Å². The lowest BCUT2D eigenvalue weighted by Gasteiger charge is -2.45. The van der Waals surface area contributed by atoms with Crippen molar-refractivity contribution in [2.45, 2.75) is 50.2 Å². The van der Waals surface area contributed by atoms with Gasteiger partial charge in [-0.05, 0) is 32.6 Å². The molecule has 2 rings (SSSR count). The zero-order valence-electron chi connectivity index (χ0n) is 8.68. The molecule has 1 aliphatic heterocycles. The maximum atomic E-state index is 11.3. The molecule has 0 radical (unpaired) electrons. The summed E-state index contributed by atoms with van der Waals surface area (Å²) in [5, 5.41) is 6.40. The lowest BCUT2D eigenvalue weighted by atomic mass is 9.78. The monoisotopic (exact) mass is 197 g/mol. The van der Waals surface area contributed by atoms with Crippen LogP contribution in [-0.4, -0.2) is 30.1 Å². The van der Waals surface area contributed by atoms with Crippen LogP contribution in [0.1, 0.15) is 32.6 Å². The van der Waals surface area contributed by atoms with Gasteiger partial charge in [-0.25, -0.2) is 0 Å². The average Bonchev–Trinajstić information content (AvgIpc) is 2.18. The van der Waals surface area contributed by atoms with E-state index < -0.39 is 0 Å². The predicted octanol–water partition coefficient (Wildman–Crippen LogP) is -0.266. The number of carbonyl (C=O) groups excluding carboxylic acids is 1. The summed E-state index contributed by atoms with van der Waals surface area (Å²) in [7, 11) is 0. The van der Waals surface area contributed by atoms with Crippen LogP contribution in [0.25, 0.3) is 0 Å². The molecule has 1 atom stereocenters. The molecule has 0 aromatic carbocycles. The Hall–Kier alpha value is -0.610. The smallest absolute Gasteiger partial charge is 0.236 e. The van der Waals surface area contributed by atoms with E-state index in [2.05, 4.69) is 10.6 Å². The van der Waals surface area contributed by atoms with Gasteiger partial charge in [0.15, 0.2) is 0 Å². The molecule has 0 bridgehead atoms. The van der Waals surface area contributed by atoms with Crippen molar-refractivity contribution in [3.63, 3.8) is 0 Å². The van der Waals surface area contributed by atoms with Gasteiger partial charge >= 0.3 is 0 Å². The maximum Gasteiger partial charge on any atom is 0.236 e. The van der Waals surface area contributed by atoms with Crippen LogP contribution in [0.15, 0.2) is 0 Å². The van der Waals surface area contributed by atoms with Crippen molar-refractivity contribution < 1.29 is 4.79 Å². The lowest BCUT2D eigenvalue weighted by Crippen LogP contribution is -2.66. The van der Waals surface area contributed by atoms with E-state index in [4.69, 9.17) is 5.73 Å². The molecule has 4 N–H and O–H groups in total. The first-order valence-electron chi connectivity index (χ1n) is 5.42. The van der Waals surface area contributed by atoms with Crippen LogP contribution in [0.4, 0.5) is 0 Å². The number of rotatable bonds is 0. The summed E-state index contributed by atoms with van der Waals surface area (Å²) >= 11 is 0. The van der Waals surface area contributed by atoms with Gasteiger partial charge in [-0.3, -0.25) is 10.1 Å². The van der Waals surface area contributed by atoms with Gasteiger partial charge < -0.3 is 11.1 Å². The summed E-state index contributed by atoms with van der Waals surface area (Å²) in [5.74, 6) is 0.116. The van der Waals surface area contributed by atoms with E-state index in [-0.39, 0.29) is 17.5 Å². The molecule has 1 aliphatic carbocycles. The van der Waals surface area contributed by atoms with Gasteiger partial charge in [0.2, 0.25) is 5.91 Å². The van der Waals surface area contributed by atoms with E-state index in [1.807, 2.05) is 6.92 Å². The second-order valence-corrected chi connectivity index (χ2v) is 4.70. The Morgan fingerprint density at radius 3 is 2.64 bits per heavy atom. The molecule has 2 aliphatic rings. The minimum absolute atomic E-state index is 0.0573. The van der Waals surface area contributed by atoms with Crippen LogP contribution >= 0.6 is 0 Å². The Bertz CT molecular complexity index is 234. The number of piperazine rings is 1. The van der Waals surface area contributed by atoms with E-state index in [1.54, 1.807) is 0 Å². The molecule has 4 heteroatoms. The van der Waals surface area contributed by atoms with Crippen molar-refractivity contribution in [2.24, 2.45) is 5.73 Å². The van der Waals surface area contributed by atoms with Gasteiger partial charge in [-0.2, -0.15) is 0 Å². The Morgan fingerprint density at radius 1 is 1.43 bits per heavy atom. The average molecular weight is 197 g/mol. The molecule has 4 nitrogen and oxygen atoms in total. The summed E-state index contributed by atoms with van der Waals surface area (Å²) in [6, 6.07) is 0.299. The van der Waals surface area contributed by atoms with E-state index >= 15 is 0 Å². The van der Waals surface area contributed by atoms with Gasteiger partial charge in [0.25, 0.3) is 0 Å². The Balaban J connectivity index is 2.00. The summed E-state index contributed by atoms with van der Waals surface area (Å²) in [6.45, 7) is 2.69. The van der Waals surface area contributed by atoms with E-state index in [0.29, 0.717) is 6.04 Å². The third kappa shape index (κ3) is 1.77. The van der Waals surface area contributed by atoms with Crippen LogP contribution in [0, 0.1) is 0 Å². The van der Waals surface area contributed by atoms with Gasteiger partial charge in [-0.1, -0.05) is 0 Å². The minimum Gasteiger partial charge on any atom is -0.353 e. The summed E-state index contributed by atoms with van der Waals surface area (Å²) < 4.78 is 0. The zero-order chi connectivity index (χ0) is 10.2. The highest BCUT2D eigenvalue weighted by molar-refractivity contribution is 5.82. The molecule has 2 fully saturated rings.